The van der Waals surface area contributed by atoms with Crippen molar-refractivity contribution in [2.24, 2.45) is 12.8 Å². The molecular weight excluding hydrogens is 286 g/mol. The summed E-state index contributed by atoms with van der Waals surface area (Å²) < 4.78 is 6.99. The number of carbonyl (C=O) groups is 2. The number of anilines is 1. The molecule has 0 saturated carbocycles. The molecule has 0 spiro atoms. The third-order valence-corrected chi connectivity index (χ3v) is 3.67. The van der Waals surface area contributed by atoms with Gasteiger partial charge in [-0.3, -0.25) is 9.48 Å². The van der Waals surface area contributed by atoms with Crippen LogP contribution in [0.2, 0.25) is 0 Å². The largest absolute Gasteiger partial charge is 0.367 e. The number of nitrogens with two attached hydrogens (primary N) is 1. The average Bonchev–Trinajstić information content (AvgIpc) is 2.88. The number of hydrogen-bond acceptors (Lipinski definition) is 4. The van der Waals surface area contributed by atoms with E-state index < -0.39 is 12.0 Å². The number of benzene rings is 1. The van der Waals surface area contributed by atoms with Crippen molar-refractivity contribution in [1.82, 2.24) is 14.7 Å². The highest BCUT2D eigenvalue weighted by Crippen LogP contribution is 2.19. The minimum Gasteiger partial charge on any atom is -0.367 e. The Labute approximate surface area is 126 Å². The van der Waals surface area contributed by atoms with Crippen molar-refractivity contribution < 1.29 is 14.3 Å². The highest BCUT2D eigenvalue weighted by atomic mass is 16.5. The van der Waals surface area contributed by atoms with E-state index in [-0.39, 0.29) is 12.6 Å². The zero-order valence-electron chi connectivity index (χ0n) is 12.2. The van der Waals surface area contributed by atoms with E-state index >= 15 is 0 Å². The van der Waals surface area contributed by atoms with Gasteiger partial charge in [0.25, 0.3) is 0 Å². The summed E-state index contributed by atoms with van der Waals surface area (Å²) in [4.78, 5) is 24.9. The summed E-state index contributed by atoms with van der Waals surface area (Å²) in [5.41, 5.74) is 6.87. The van der Waals surface area contributed by atoms with Gasteiger partial charge >= 0.3 is 6.03 Å². The maximum atomic E-state index is 12.3. The van der Waals surface area contributed by atoms with Crippen molar-refractivity contribution >= 4 is 28.5 Å². The highest BCUT2D eigenvalue weighted by molar-refractivity contribution is 5.93. The Bertz CT molecular complexity index is 726. The third kappa shape index (κ3) is 2.73. The Balaban J connectivity index is 1.71. The molecule has 8 heteroatoms. The number of nitrogens with one attached hydrogen (secondary N) is 1. The van der Waals surface area contributed by atoms with E-state index in [2.05, 4.69) is 10.4 Å². The van der Waals surface area contributed by atoms with Gasteiger partial charge in [0.2, 0.25) is 5.91 Å². The lowest BCUT2D eigenvalue weighted by Gasteiger charge is -2.31. The predicted octanol–water partition coefficient (Wildman–Crippen LogP) is 0.291. The number of primary amides is 1. The standard InChI is InChI=1S/C14H17N5O3/c1-18-11-3-2-10(6-9(11)7-16-18)17-14(21)19-4-5-22-12(8-19)13(15)20/h2-3,6-7,12H,4-5,8H2,1H3,(H2,15,20)(H,17,21)/t12-/m1/s1. The van der Waals surface area contributed by atoms with Crippen molar-refractivity contribution in [2.45, 2.75) is 6.10 Å². The number of urea groups is 1. The number of aromatic nitrogens is 2. The van der Waals surface area contributed by atoms with Crippen LogP contribution in [0.5, 0.6) is 0 Å². The van der Waals surface area contributed by atoms with Crippen molar-refractivity contribution in [3.63, 3.8) is 0 Å². The normalized spacial score (nSPS) is 18.4. The smallest absolute Gasteiger partial charge is 0.322 e. The van der Waals surface area contributed by atoms with Gasteiger partial charge in [-0.05, 0) is 18.2 Å². The average molecular weight is 303 g/mol. The van der Waals surface area contributed by atoms with Crippen LogP contribution in [0.15, 0.2) is 24.4 Å². The lowest BCUT2D eigenvalue weighted by atomic mass is 10.2. The van der Waals surface area contributed by atoms with Crippen LogP contribution >= 0.6 is 0 Å². The van der Waals surface area contributed by atoms with Gasteiger partial charge in [-0.2, -0.15) is 5.10 Å². The molecule has 116 valence electrons. The molecule has 0 bridgehead atoms. The van der Waals surface area contributed by atoms with Crippen LogP contribution in [0.3, 0.4) is 0 Å². The first kappa shape index (κ1) is 14.3. The Morgan fingerprint density at radius 2 is 2.27 bits per heavy atom. The number of fused-ring (bicyclic) bond motifs is 1. The van der Waals surface area contributed by atoms with E-state index in [1.165, 1.54) is 4.90 Å². The van der Waals surface area contributed by atoms with E-state index in [4.69, 9.17) is 10.5 Å². The number of amides is 3. The summed E-state index contributed by atoms with van der Waals surface area (Å²) in [5.74, 6) is -0.561. The lowest BCUT2D eigenvalue weighted by molar-refractivity contribution is -0.133. The van der Waals surface area contributed by atoms with Crippen LogP contribution in [0.1, 0.15) is 0 Å². The van der Waals surface area contributed by atoms with Crippen LogP contribution in [0.4, 0.5) is 10.5 Å². The molecule has 1 atom stereocenters. The quantitative estimate of drug-likeness (QED) is 0.832. The molecule has 1 aromatic heterocycles. The molecular formula is C14H17N5O3. The summed E-state index contributed by atoms with van der Waals surface area (Å²) in [6.45, 7) is 0.879. The molecule has 3 rings (SSSR count). The lowest BCUT2D eigenvalue weighted by Crippen LogP contribution is -2.51. The molecule has 0 aliphatic carbocycles. The third-order valence-electron chi connectivity index (χ3n) is 3.67. The maximum Gasteiger partial charge on any atom is 0.322 e. The second-order valence-electron chi connectivity index (χ2n) is 5.18. The number of aryl methyl sites for hydroxylation is 1. The fourth-order valence-corrected chi connectivity index (χ4v) is 2.45. The molecule has 2 aromatic rings. The zero-order valence-corrected chi connectivity index (χ0v) is 12.2. The van der Waals surface area contributed by atoms with Crippen molar-refractivity contribution in [3.05, 3.63) is 24.4 Å². The fourth-order valence-electron chi connectivity index (χ4n) is 2.45. The number of rotatable bonds is 2. The Kier molecular flexibility index (Phi) is 3.68. The first-order valence-electron chi connectivity index (χ1n) is 6.93. The second kappa shape index (κ2) is 5.64. The SMILES string of the molecule is Cn1ncc2cc(NC(=O)N3CCO[C@@H](C(N)=O)C3)ccc21. The van der Waals surface area contributed by atoms with Gasteiger partial charge in [-0.15, -0.1) is 0 Å². The van der Waals surface area contributed by atoms with Gasteiger partial charge in [-0.25, -0.2) is 4.79 Å². The van der Waals surface area contributed by atoms with Gasteiger partial charge in [0.05, 0.1) is 24.9 Å². The summed E-state index contributed by atoms with van der Waals surface area (Å²) in [5, 5.41) is 7.92. The van der Waals surface area contributed by atoms with Crippen molar-refractivity contribution in [1.29, 1.82) is 0 Å². The van der Waals surface area contributed by atoms with Crippen LogP contribution in [-0.2, 0) is 16.6 Å². The molecule has 22 heavy (non-hydrogen) atoms. The Morgan fingerprint density at radius 1 is 1.45 bits per heavy atom. The molecule has 1 aliphatic rings. The number of carbonyl (C=O) groups excluding carboxylic acids is 2. The first-order valence-corrected chi connectivity index (χ1v) is 6.93. The van der Waals surface area contributed by atoms with E-state index in [0.717, 1.165) is 10.9 Å². The fraction of sp³-hybridized carbons (Fsp3) is 0.357. The Morgan fingerprint density at radius 3 is 3.05 bits per heavy atom. The van der Waals surface area contributed by atoms with Gasteiger partial charge in [0, 0.05) is 24.7 Å². The number of hydrogen-bond donors (Lipinski definition) is 2. The molecule has 0 radical (unpaired) electrons. The maximum absolute atomic E-state index is 12.3. The summed E-state index contributed by atoms with van der Waals surface area (Å²) in [7, 11) is 1.86. The predicted molar refractivity (Wildman–Crippen MR) is 80.2 cm³/mol. The van der Waals surface area contributed by atoms with Crippen LogP contribution in [0, 0.1) is 0 Å². The number of ether oxygens (including phenoxy) is 1. The molecule has 3 N–H and O–H groups in total. The molecule has 8 nitrogen and oxygen atoms in total. The monoisotopic (exact) mass is 303 g/mol. The van der Waals surface area contributed by atoms with E-state index in [0.29, 0.717) is 18.8 Å². The van der Waals surface area contributed by atoms with Crippen molar-refractivity contribution in [3.8, 4) is 0 Å². The van der Waals surface area contributed by atoms with Crippen LogP contribution in [-0.4, -0.2) is 52.4 Å². The summed E-state index contributed by atoms with van der Waals surface area (Å²) in [6.07, 6.45) is 0.989. The second-order valence-corrected chi connectivity index (χ2v) is 5.18. The van der Waals surface area contributed by atoms with E-state index in [1.807, 2.05) is 25.2 Å². The molecule has 1 fully saturated rings. The van der Waals surface area contributed by atoms with E-state index in [1.54, 1.807) is 10.9 Å². The number of nitrogens with zero attached hydrogens (tertiary/aromatic N) is 3. The summed E-state index contributed by atoms with van der Waals surface area (Å²) in [6, 6.07) is 5.28. The molecule has 3 amide bonds. The molecule has 1 saturated heterocycles. The zero-order chi connectivity index (χ0) is 15.7. The van der Waals surface area contributed by atoms with E-state index in [9.17, 15) is 9.59 Å². The van der Waals surface area contributed by atoms with Gasteiger partial charge in [0.15, 0.2) is 6.10 Å². The number of morpholine rings is 1. The molecule has 1 aromatic carbocycles. The minimum absolute atomic E-state index is 0.163. The van der Waals surface area contributed by atoms with Crippen LogP contribution in [0.25, 0.3) is 10.9 Å². The van der Waals surface area contributed by atoms with Crippen LogP contribution < -0.4 is 11.1 Å². The van der Waals surface area contributed by atoms with Crippen molar-refractivity contribution in [2.75, 3.05) is 25.0 Å². The molecule has 2 heterocycles. The topological polar surface area (TPSA) is 102 Å². The highest BCUT2D eigenvalue weighted by Gasteiger charge is 2.27. The first-order chi connectivity index (χ1) is 10.5. The Hall–Kier alpha value is -2.61. The van der Waals surface area contributed by atoms with Gasteiger partial charge < -0.3 is 20.7 Å². The van der Waals surface area contributed by atoms with Gasteiger partial charge in [0.1, 0.15) is 0 Å². The molecule has 0 unspecified atom stereocenters. The minimum atomic E-state index is -0.750. The molecule has 1 aliphatic heterocycles. The van der Waals surface area contributed by atoms with Gasteiger partial charge in [-0.1, -0.05) is 0 Å². The summed E-state index contributed by atoms with van der Waals surface area (Å²) >= 11 is 0.